The van der Waals surface area contributed by atoms with Crippen molar-refractivity contribution in [1.82, 2.24) is 9.97 Å². The Morgan fingerprint density at radius 1 is 1.47 bits per heavy atom. The van der Waals surface area contributed by atoms with Crippen LogP contribution in [0.15, 0.2) is 12.4 Å². The molecule has 6 nitrogen and oxygen atoms in total. The second-order valence-electron chi connectivity index (χ2n) is 5.31. The third kappa shape index (κ3) is 6.03. The molecule has 1 heterocycles. The molecule has 0 saturated carbocycles. The van der Waals surface area contributed by atoms with Gasteiger partial charge in [0.05, 0.1) is 18.5 Å². The molecule has 2 N–H and O–H groups in total. The summed E-state index contributed by atoms with van der Waals surface area (Å²) in [7, 11) is 0. The first-order valence-corrected chi connectivity index (χ1v) is 6.27. The molecule has 0 aliphatic heterocycles. The summed E-state index contributed by atoms with van der Waals surface area (Å²) >= 11 is 0. The van der Waals surface area contributed by atoms with Crippen LogP contribution in [0.4, 0.5) is 5.82 Å². The van der Waals surface area contributed by atoms with Gasteiger partial charge in [-0.2, -0.15) is 4.98 Å². The number of carboxylic acid groups (broad SMARTS) is 1. The number of anilines is 1. The van der Waals surface area contributed by atoms with Crippen molar-refractivity contribution in [3.05, 3.63) is 12.4 Å². The van der Waals surface area contributed by atoms with Gasteiger partial charge in [-0.1, -0.05) is 0 Å². The fourth-order valence-corrected chi connectivity index (χ4v) is 1.54. The maximum atomic E-state index is 10.6. The van der Waals surface area contributed by atoms with Gasteiger partial charge >= 0.3 is 5.97 Å². The number of carboxylic acids is 1. The second-order valence-corrected chi connectivity index (χ2v) is 5.31. The highest BCUT2D eigenvalue weighted by molar-refractivity contribution is 5.66. The number of aromatic nitrogens is 2. The summed E-state index contributed by atoms with van der Waals surface area (Å²) in [6.07, 6.45) is 3.78. The molecule has 106 valence electrons. The van der Waals surface area contributed by atoms with Crippen LogP contribution in [0.1, 0.15) is 40.5 Å². The first kappa shape index (κ1) is 15.2. The summed E-state index contributed by atoms with van der Waals surface area (Å²) in [5, 5.41) is 11.9. The summed E-state index contributed by atoms with van der Waals surface area (Å²) in [6.45, 7) is 7.68. The number of carbonyl (C=O) groups is 1. The summed E-state index contributed by atoms with van der Waals surface area (Å²) in [5.41, 5.74) is -0.372. The maximum Gasteiger partial charge on any atom is 0.303 e. The van der Waals surface area contributed by atoms with E-state index in [0.717, 1.165) is 0 Å². The van der Waals surface area contributed by atoms with E-state index in [4.69, 9.17) is 9.84 Å². The SMILES string of the molecule is CC(C)Oc1cncc(NC(C)(C)CCC(=O)O)n1. The van der Waals surface area contributed by atoms with Gasteiger partial charge in [0, 0.05) is 12.0 Å². The van der Waals surface area contributed by atoms with Gasteiger partial charge in [-0.3, -0.25) is 9.78 Å². The van der Waals surface area contributed by atoms with E-state index in [1.807, 2.05) is 27.7 Å². The minimum Gasteiger partial charge on any atom is -0.481 e. The van der Waals surface area contributed by atoms with E-state index in [1.54, 1.807) is 12.4 Å². The Morgan fingerprint density at radius 3 is 2.74 bits per heavy atom. The molecule has 0 aromatic carbocycles. The Balaban J connectivity index is 2.67. The van der Waals surface area contributed by atoms with E-state index in [2.05, 4.69) is 15.3 Å². The van der Waals surface area contributed by atoms with Crippen molar-refractivity contribution in [2.75, 3.05) is 5.32 Å². The zero-order valence-electron chi connectivity index (χ0n) is 11.8. The number of nitrogens with one attached hydrogen (secondary N) is 1. The highest BCUT2D eigenvalue weighted by Crippen LogP contribution is 2.19. The molecule has 0 amide bonds. The fraction of sp³-hybridized carbons (Fsp3) is 0.615. The van der Waals surface area contributed by atoms with Crippen molar-refractivity contribution in [3.8, 4) is 5.88 Å². The molecule has 19 heavy (non-hydrogen) atoms. The average Bonchev–Trinajstić information content (AvgIpc) is 2.25. The number of rotatable bonds is 7. The van der Waals surface area contributed by atoms with Gasteiger partial charge in [-0.25, -0.2) is 0 Å². The van der Waals surface area contributed by atoms with Crippen molar-refractivity contribution in [2.24, 2.45) is 0 Å². The number of ether oxygens (including phenoxy) is 1. The van der Waals surface area contributed by atoms with Crippen molar-refractivity contribution in [3.63, 3.8) is 0 Å². The van der Waals surface area contributed by atoms with E-state index in [1.165, 1.54) is 0 Å². The molecule has 0 fully saturated rings. The van der Waals surface area contributed by atoms with Crippen LogP contribution in [-0.4, -0.2) is 32.7 Å². The van der Waals surface area contributed by atoms with Crippen molar-refractivity contribution in [1.29, 1.82) is 0 Å². The molecule has 1 aromatic heterocycles. The van der Waals surface area contributed by atoms with E-state index in [0.29, 0.717) is 18.1 Å². The largest absolute Gasteiger partial charge is 0.481 e. The van der Waals surface area contributed by atoms with E-state index < -0.39 is 5.97 Å². The summed E-state index contributed by atoms with van der Waals surface area (Å²) in [5.74, 6) is 0.223. The predicted molar refractivity (Wildman–Crippen MR) is 72.4 cm³/mol. The Labute approximate surface area is 113 Å². The monoisotopic (exact) mass is 267 g/mol. The lowest BCUT2D eigenvalue weighted by atomic mass is 9.98. The highest BCUT2D eigenvalue weighted by Gasteiger charge is 2.19. The van der Waals surface area contributed by atoms with Gasteiger partial charge in [0.25, 0.3) is 0 Å². The summed E-state index contributed by atoms with van der Waals surface area (Å²) < 4.78 is 5.46. The molecule has 0 atom stereocenters. The van der Waals surface area contributed by atoms with E-state index in [-0.39, 0.29) is 18.1 Å². The first-order valence-electron chi connectivity index (χ1n) is 6.27. The lowest BCUT2D eigenvalue weighted by Gasteiger charge is -2.26. The minimum absolute atomic E-state index is 0.0320. The lowest BCUT2D eigenvalue weighted by molar-refractivity contribution is -0.137. The number of hydrogen-bond donors (Lipinski definition) is 2. The molecule has 0 saturated heterocycles. The normalized spacial score (nSPS) is 11.4. The third-order valence-corrected chi connectivity index (χ3v) is 2.40. The standard InChI is InChI=1S/C13H21N3O3/c1-9(2)19-11-8-14-7-10(15-11)16-13(3,4)6-5-12(17)18/h7-9H,5-6H2,1-4H3,(H,15,16)(H,17,18). The number of hydrogen-bond acceptors (Lipinski definition) is 5. The number of nitrogens with zero attached hydrogens (tertiary/aromatic N) is 2. The van der Waals surface area contributed by atoms with Gasteiger partial charge in [0.2, 0.25) is 5.88 Å². The van der Waals surface area contributed by atoms with Gasteiger partial charge in [-0.05, 0) is 34.1 Å². The van der Waals surface area contributed by atoms with Crippen molar-refractivity contribution < 1.29 is 14.6 Å². The summed E-state index contributed by atoms with van der Waals surface area (Å²) in [6, 6.07) is 0. The van der Waals surface area contributed by atoms with Crippen LogP contribution in [-0.2, 0) is 4.79 Å². The Kier molecular flexibility index (Phi) is 5.09. The molecule has 0 aliphatic rings. The van der Waals surface area contributed by atoms with E-state index in [9.17, 15) is 4.79 Å². The molecular formula is C13H21N3O3. The van der Waals surface area contributed by atoms with Crippen LogP contribution in [0.3, 0.4) is 0 Å². The fourth-order valence-electron chi connectivity index (χ4n) is 1.54. The van der Waals surface area contributed by atoms with E-state index >= 15 is 0 Å². The number of aliphatic carboxylic acids is 1. The zero-order chi connectivity index (χ0) is 14.5. The highest BCUT2D eigenvalue weighted by atomic mass is 16.5. The van der Waals surface area contributed by atoms with Crippen molar-refractivity contribution in [2.45, 2.75) is 52.2 Å². The Bertz CT molecular complexity index is 433. The van der Waals surface area contributed by atoms with Crippen LogP contribution in [0, 0.1) is 0 Å². The first-order chi connectivity index (χ1) is 8.78. The predicted octanol–water partition coefficient (Wildman–Crippen LogP) is 2.32. The van der Waals surface area contributed by atoms with Crippen LogP contribution in [0.25, 0.3) is 0 Å². The molecular weight excluding hydrogens is 246 g/mol. The molecule has 0 aliphatic carbocycles. The van der Waals surface area contributed by atoms with Gasteiger partial charge in [-0.15, -0.1) is 0 Å². The third-order valence-electron chi connectivity index (χ3n) is 2.40. The molecule has 1 rings (SSSR count). The molecule has 0 unspecified atom stereocenters. The average molecular weight is 267 g/mol. The van der Waals surface area contributed by atoms with Crippen LogP contribution in [0.5, 0.6) is 5.88 Å². The van der Waals surface area contributed by atoms with Crippen LogP contribution in [0.2, 0.25) is 0 Å². The second kappa shape index (κ2) is 6.36. The maximum absolute atomic E-state index is 10.6. The van der Waals surface area contributed by atoms with Gasteiger partial charge in [0.15, 0.2) is 0 Å². The Hall–Kier alpha value is -1.85. The Morgan fingerprint density at radius 2 is 2.16 bits per heavy atom. The van der Waals surface area contributed by atoms with Crippen LogP contribution >= 0.6 is 0 Å². The zero-order valence-corrected chi connectivity index (χ0v) is 11.8. The lowest BCUT2D eigenvalue weighted by Crippen LogP contribution is -2.32. The molecule has 0 radical (unpaired) electrons. The minimum atomic E-state index is -0.808. The topological polar surface area (TPSA) is 84.3 Å². The summed E-state index contributed by atoms with van der Waals surface area (Å²) in [4.78, 5) is 18.9. The smallest absolute Gasteiger partial charge is 0.303 e. The molecule has 0 spiro atoms. The van der Waals surface area contributed by atoms with Gasteiger partial charge < -0.3 is 15.2 Å². The van der Waals surface area contributed by atoms with Crippen LogP contribution < -0.4 is 10.1 Å². The molecule has 1 aromatic rings. The molecule has 0 bridgehead atoms. The molecule has 6 heteroatoms. The van der Waals surface area contributed by atoms with Crippen molar-refractivity contribution >= 4 is 11.8 Å². The quantitative estimate of drug-likeness (QED) is 0.788. The van der Waals surface area contributed by atoms with Gasteiger partial charge in [0.1, 0.15) is 5.82 Å².